The number of aromatic amines is 1. The maximum atomic E-state index is 12.9. The fourth-order valence-corrected chi connectivity index (χ4v) is 4.95. The summed E-state index contributed by atoms with van der Waals surface area (Å²) >= 11 is 5.89. The molecule has 4 heterocycles. The lowest BCUT2D eigenvalue weighted by Gasteiger charge is -2.39. The van der Waals surface area contributed by atoms with Crippen molar-refractivity contribution in [3.63, 3.8) is 0 Å². The van der Waals surface area contributed by atoms with Crippen molar-refractivity contribution < 1.29 is 9.59 Å². The van der Waals surface area contributed by atoms with Gasteiger partial charge in [0.05, 0.1) is 18.5 Å². The van der Waals surface area contributed by atoms with Crippen LogP contribution in [0.5, 0.6) is 0 Å². The fraction of sp³-hybridized carbons (Fsp3) is 0.375. The standard InChI is InChI=1S/C24H27ClN8O2/c25-21-23(27)31-22(26)20(30-21)17(34)11-18-29-13-24(32-18)7-9-33(10-8-24)19(35)6-5-14-12-28-16-4-2-1-3-15(14)16/h1-4,12,28H,5-11,13H2,(H,29,32)(H4,26,27,31). The number of nitrogens with zero attached hydrogens (tertiary/aromatic N) is 4. The molecule has 2 aliphatic heterocycles. The monoisotopic (exact) mass is 494 g/mol. The van der Waals surface area contributed by atoms with Crippen LogP contribution in [0.4, 0.5) is 11.6 Å². The van der Waals surface area contributed by atoms with Crippen LogP contribution >= 0.6 is 11.6 Å². The summed E-state index contributed by atoms with van der Waals surface area (Å²) in [6.07, 6.45) is 4.73. The largest absolute Gasteiger partial charge is 0.382 e. The van der Waals surface area contributed by atoms with Crippen LogP contribution in [0, 0.1) is 0 Å². The topological polar surface area (TPSA) is 155 Å². The number of nitrogens with one attached hydrogen (secondary N) is 2. The van der Waals surface area contributed by atoms with E-state index in [0.717, 1.165) is 23.9 Å². The summed E-state index contributed by atoms with van der Waals surface area (Å²) in [7, 11) is 0. The normalized spacial score (nSPS) is 16.9. The summed E-state index contributed by atoms with van der Waals surface area (Å²) in [6.45, 7) is 1.88. The van der Waals surface area contributed by atoms with Crippen LogP contribution in [-0.4, -0.2) is 62.6 Å². The van der Waals surface area contributed by atoms with Gasteiger partial charge < -0.3 is 26.7 Å². The molecule has 1 saturated heterocycles. The smallest absolute Gasteiger partial charge is 0.222 e. The second-order valence-electron chi connectivity index (χ2n) is 9.14. The number of nitrogen functional groups attached to an aromatic ring is 2. The molecule has 3 aromatic rings. The van der Waals surface area contributed by atoms with Crippen molar-refractivity contribution in [2.75, 3.05) is 31.1 Å². The number of amidine groups is 1. The second kappa shape index (κ2) is 9.18. The summed E-state index contributed by atoms with van der Waals surface area (Å²) in [5.74, 6) is 0.352. The van der Waals surface area contributed by atoms with Crippen molar-refractivity contribution in [3.8, 4) is 0 Å². The molecule has 5 rings (SSSR count). The molecule has 11 heteroatoms. The van der Waals surface area contributed by atoms with Crippen molar-refractivity contribution in [1.29, 1.82) is 0 Å². The van der Waals surface area contributed by atoms with Crippen LogP contribution < -0.4 is 16.8 Å². The first-order chi connectivity index (χ1) is 16.8. The number of likely N-dealkylation sites (tertiary alicyclic amines) is 1. The molecule has 1 amide bonds. The number of piperidine rings is 1. The zero-order valence-electron chi connectivity index (χ0n) is 19.2. The highest BCUT2D eigenvalue weighted by atomic mass is 35.5. The number of aryl methyl sites for hydroxylation is 1. The predicted octanol–water partition coefficient (Wildman–Crippen LogP) is 2.34. The Morgan fingerprint density at radius 2 is 1.89 bits per heavy atom. The quantitative estimate of drug-likeness (QED) is 0.383. The van der Waals surface area contributed by atoms with E-state index >= 15 is 0 Å². The van der Waals surface area contributed by atoms with E-state index in [2.05, 4.69) is 31.3 Å². The minimum atomic E-state index is -0.329. The molecule has 6 N–H and O–H groups in total. The third kappa shape index (κ3) is 4.66. The summed E-state index contributed by atoms with van der Waals surface area (Å²) in [4.78, 5) is 43.1. The maximum Gasteiger partial charge on any atom is 0.222 e. The van der Waals surface area contributed by atoms with Gasteiger partial charge in [-0.25, -0.2) is 9.97 Å². The van der Waals surface area contributed by atoms with Crippen molar-refractivity contribution in [2.24, 2.45) is 4.99 Å². The molecule has 1 spiro atoms. The first-order valence-corrected chi connectivity index (χ1v) is 12.0. The lowest BCUT2D eigenvalue weighted by molar-refractivity contribution is -0.132. The number of para-hydroxylation sites is 1. The minimum Gasteiger partial charge on any atom is -0.382 e. The summed E-state index contributed by atoms with van der Waals surface area (Å²) in [6, 6.07) is 8.12. The Morgan fingerprint density at radius 3 is 2.69 bits per heavy atom. The summed E-state index contributed by atoms with van der Waals surface area (Å²) in [5, 5.41) is 4.54. The number of nitrogens with two attached hydrogens (primary N) is 2. The number of carbonyl (C=O) groups is 2. The lowest BCUT2D eigenvalue weighted by Crippen LogP contribution is -2.55. The number of Topliss-reactive ketones (excluding diaryl/α,β-unsaturated/α-hetero) is 1. The summed E-state index contributed by atoms with van der Waals surface area (Å²) < 4.78 is 0. The molecule has 2 aromatic heterocycles. The van der Waals surface area contributed by atoms with E-state index in [1.54, 1.807) is 0 Å². The molecule has 10 nitrogen and oxygen atoms in total. The molecule has 0 bridgehead atoms. The molecular formula is C24H27ClN8O2. The van der Waals surface area contributed by atoms with Gasteiger partial charge in [-0.05, 0) is 30.9 Å². The van der Waals surface area contributed by atoms with Gasteiger partial charge in [-0.1, -0.05) is 29.8 Å². The number of halogens is 1. The number of fused-ring (bicyclic) bond motifs is 1. The number of H-pyrrole nitrogens is 1. The third-order valence-electron chi connectivity index (χ3n) is 6.84. The van der Waals surface area contributed by atoms with E-state index in [9.17, 15) is 9.59 Å². The van der Waals surface area contributed by atoms with Crippen LogP contribution in [0.2, 0.25) is 5.15 Å². The van der Waals surface area contributed by atoms with E-state index in [4.69, 9.17) is 23.1 Å². The Balaban J connectivity index is 1.12. The number of hydrogen-bond donors (Lipinski definition) is 4. The van der Waals surface area contributed by atoms with Crippen LogP contribution in [0.15, 0.2) is 35.5 Å². The highest BCUT2D eigenvalue weighted by Gasteiger charge is 2.40. The maximum absolute atomic E-state index is 12.9. The fourth-order valence-electron chi connectivity index (χ4n) is 4.82. The number of amides is 1. The van der Waals surface area contributed by atoms with Gasteiger partial charge in [0.15, 0.2) is 28.3 Å². The third-order valence-corrected chi connectivity index (χ3v) is 7.11. The average molecular weight is 495 g/mol. The minimum absolute atomic E-state index is 0.00901. The average Bonchev–Trinajstić information content (AvgIpc) is 3.44. The van der Waals surface area contributed by atoms with Crippen molar-refractivity contribution in [3.05, 3.63) is 46.9 Å². The Bertz CT molecular complexity index is 1330. The van der Waals surface area contributed by atoms with Crippen LogP contribution in [-0.2, 0) is 11.2 Å². The van der Waals surface area contributed by atoms with E-state index in [-0.39, 0.29) is 46.1 Å². The zero-order valence-corrected chi connectivity index (χ0v) is 19.9. The number of aromatic nitrogens is 3. The highest BCUT2D eigenvalue weighted by Crippen LogP contribution is 2.28. The first kappa shape index (κ1) is 23.1. The number of aliphatic imine (C=N–C) groups is 1. The van der Waals surface area contributed by atoms with Gasteiger partial charge in [-0.2, -0.15) is 0 Å². The second-order valence-corrected chi connectivity index (χ2v) is 9.50. The van der Waals surface area contributed by atoms with E-state index in [1.807, 2.05) is 29.3 Å². The number of ketones is 1. The highest BCUT2D eigenvalue weighted by molar-refractivity contribution is 6.31. The van der Waals surface area contributed by atoms with E-state index < -0.39 is 0 Å². The van der Waals surface area contributed by atoms with Gasteiger partial charge in [-0.15, -0.1) is 0 Å². The molecule has 0 atom stereocenters. The van der Waals surface area contributed by atoms with Crippen LogP contribution in [0.1, 0.15) is 41.7 Å². The molecule has 0 radical (unpaired) electrons. The van der Waals surface area contributed by atoms with Crippen molar-refractivity contribution >= 4 is 51.7 Å². The van der Waals surface area contributed by atoms with Gasteiger partial charge in [0.1, 0.15) is 5.84 Å². The number of benzene rings is 1. The molecule has 0 saturated carbocycles. The molecule has 1 fully saturated rings. The van der Waals surface area contributed by atoms with Gasteiger partial charge in [0, 0.05) is 36.6 Å². The predicted molar refractivity (Wildman–Crippen MR) is 135 cm³/mol. The Kier molecular flexibility index (Phi) is 6.06. The SMILES string of the molecule is Nc1nc(N)c(C(=O)CC2=NCC3(CCN(C(=O)CCc4c[nH]c5ccccc45)CC3)N2)nc1Cl. The van der Waals surface area contributed by atoms with E-state index in [1.165, 1.54) is 5.39 Å². The molecule has 2 aliphatic rings. The Morgan fingerprint density at radius 1 is 1.11 bits per heavy atom. The molecular weight excluding hydrogens is 468 g/mol. The van der Waals surface area contributed by atoms with Crippen molar-refractivity contribution in [1.82, 2.24) is 25.2 Å². The van der Waals surface area contributed by atoms with Crippen molar-refractivity contribution in [2.45, 2.75) is 37.6 Å². The van der Waals surface area contributed by atoms with Gasteiger partial charge in [0.25, 0.3) is 0 Å². The van der Waals surface area contributed by atoms with Crippen LogP contribution in [0.3, 0.4) is 0 Å². The first-order valence-electron chi connectivity index (χ1n) is 11.6. The zero-order chi connectivity index (χ0) is 24.6. The molecule has 182 valence electrons. The van der Waals surface area contributed by atoms with Gasteiger partial charge >= 0.3 is 0 Å². The number of carbonyl (C=O) groups excluding carboxylic acids is 2. The summed E-state index contributed by atoms with van der Waals surface area (Å²) in [5.41, 5.74) is 13.4. The lowest BCUT2D eigenvalue weighted by atomic mass is 9.88. The number of hydrogen-bond acceptors (Lipinski definition) is 8. The molecule has 35 heavy (non-hydrogen) atoms. The molecule has 0 aliphatic carbocycles. The molecule has 0 unspecified atom stereocenters. The van der Waals surface area contributed by atoms with E-state index in [0.29, 0.717) is 38.3 Å². The Hall–Kier alpha value is -3.66. The number of anilines is 2. The van der Waals surface area contributed by atoms with Gasteiger partial charge in [-0.3, -0.25) is 14.6 Å². The van der Waals surface area contributed by atoms with Crippen LogP contribution in [0.25, 0.3) is 10.9 Å². The van der Waals surface area contributed by atoms with Gasteiger partial charge in [0.2, 0.25) is 5.91 Å². The Labute approximate surface area is 207 Å². The number of rotatable bonds is 6. The molecule has 1 aromatic carbocycles.